The predicted octanol–water partition coefficient (Wildman–Crippen LogP) is 7.64. The molecule has 0 spiro atoms. The first-order valence-electron chi connectivity index (χ1n) is 11.4. The lowest BCUT2D eigenvalue weighted by Gasteiger charge is -2.38. The van der Waals surface area contributed by atoms with E-state index in [1.807, 2.05) is 0 Å². The normalized spacial score (nSPS) is 21.0. The van der Waals surface area contributed by atoms with E-state index in [9.17, 15) is 0 Å². The highest BCUT2D eigenvalue weighted by Gasteiger charge is 2.39. The van der Waals surface area contributed by atoms with Crippen molar-refractivity contribution in [2.75, 3.05) is 13.2 Å². The minimum Gasteiger partial charge on any atom is -0.322 e. The van der Waals surface area contributed by atoms with Gasteiger partial charge in [-0.15, -0.1) is 0 Å². The van der Waals surface area contributed by atoms with Crippen LogP contribution in [0.1, 0.15) is 69.5 Å². The summed E-state index contributed by atoms with van der Waals surface area (Å²) in [5.41, 5.74) is 5.40. The molecule has 0 bridgehead atoms. The summed E-state index contributed by atoms with van der Waals surface area (Å²) in [7, 11) is -1.15. The first-order chi connectivity index (χ1) is 14.8. The van der Waals surface area contributed by atoms with Crippen LogP contribution in [-0.2, 0) is 9.05 Å². The van der Waals surface area contributed by atoms with E-state index >= 15 is 0 Å². The standard InChI is InChI=1S/C26H34NO2P/c1-21(2)27(30-28-19-13-7-5-3-4-6-8-14-20-29-30)26-24-17-11-9-15-22(24)23-16-10-12-18-25(23)26/h7,9-13,15-18,21,26H,3-6,8,14,19-20H2,1-2H3. The number of benzene rings is 2. The van der Waals surface area contributed by atoms with Crippen LogP contribution in [0.3, 0.4) is 0 Å². The third-order valence-electron chi connectivity index (χ3n) is 5.95. The van der Waals surface area contributed by atoms with Gasteiger partial charge in [-0.3, -0.25) is 0 Å². The number of hydrogen-bond donors (Lipinski definition) is 0. The molecule has 1 aliphatic carbocycles. The van der Waals surface area contributed by atoms with E-state index in [1.54, 1.807) is 0 Å². The van der Waals surface area contributed by atoms with Crippen molar-refractivity contribution in [2.45, 2.75) is 64.5 Å². The van der Waals surface area contributed by atoms with Crippen molar-refractivity contribution in [3.05, 3.63) is 71.8 Å². The largest absolute Gasteiger partial charge is 0.322 e. The first-order valence-corrected chi connectivity index (χ1v) is 12.6. The molecule has 30 heavy (non-hydrogen) atoms. The number of nitrogens with zero attached hydrogens (tertiary/aromatic N) is 1. The van der Waals surface area contributed by atoms with Gasteiger partial charge in [-0.25, -0.2) is 4.67 Å². The molecule has 0 saturated carbocycles. The average Bonchev–Trinajstić information content (AvgIpc) is 3.09. The molecule has 1 aliphatic heterocycles. The van der Waals surface area contributed by atoms with Crippen LogP contribution >= 0.6 is 8.53 Å². The quantitative estimate of drug-likeness (QED) is 0.374. The van der Waals surface area contributed by atoms with Crippen LogP contribution < -0.4 is 0 Å². The molecule has 0 radical (unpaired) electrons. The van der Waals surface area contributed by atoms with Crippen LogP contribution in [0.15, 0.2) is 60.7 Å². The van der Waals surface area contributed by atoms with E-state index in [2.05, 4.69) is 79.2 Å². The maximum Gasteiger partial charge on any atom is 0.260 e. The first kappa shape index (κ1) is 21.7. The molecule has 4 rings (SSSR count). The lowest BCUT2D eigenvalue weighted by Crippen LogP contribution is -2.31. The van der Waals surface area contributed by atoms with Crippen LogP contribution in [0, 0.1) is 0 Å². The summed E-state index contributed by atoms with van der Waals surface area (Å²) < 4.78 is 15.3. The molecule has 2 aliphatic rings. The minimum absolute atomic E-state index is 0.170. The van der Waals surface area contributed by atoms with Crippen molar-refractivity contribution in [3.8, 4) is 11.1 Å². The molecular formula is C26H34NO2P. The zero-order valence-electron chi connectivity index (χ0n) is 18.3. The Morgan fingerprint density at radius 1 is 0.800 bits per heavy atom. The monoisotopic (exact) mass is 423 g/mol. The third-order valence-corrected chi connectivity index (χ3v) is 7.79. The Morgan fingerprint density at radius 3 is 2.13 bits per heavy atom. The van der Waals surface area contributed by atoms with Crippen molar-refractivity contribution in [1.82, 2.24) is 4.67 Å². The molecule has 0 fully saturated rings. The molecule has 1 heterocycles. The van der Waals surface area contributed by atoms with Crippen LogP contribution in [0.5, 0.6) is 0 Å². The predicted molar refractivity (Wildman–Crippen MR) is 126 cm³/mol. The third kappa shape index (κ3) is 4.86. The molecule has 2 aromatic carbocycles. The SMILES string of the molecule is CC(C)N(C1c2ccccc2-c2ccccc21)P1OCC=CCCCCCCCO1. The molecule has 0 saturated heterocycles. The average molecular weight is 424 g/mol. The molecule has 0 aromatic heterocycles. The van der Waals surface area contributed by atoms with E-state index in [0.717, 1.165) is 19.4 Å². The van der Waals surface area contributed by atoms with Gasteiger partial charge in [-0.1, -0.05) is 79.9 Å². The molecular weight excluding hydrogens is 389 g/mol. The Labute approximate surface area is 183 Å². The van der Waals surface area contributed by atoms with E-state index in [0.29, 0.717) is 12.6 Å². The smallest absolute Gasteiger partial charge is 0.260 e. The molecule has 1 atom stereocenters. The highest BCUT2D eigenvalue weighted by Crippen LogP contribution is 2.56. The molecule has 2 aromatic rings. The highest BCUT2D eigenvalue weighted by atomic mass is 31.2. The van der Waals surface area contributed by atoms with Gasteiger partial charge in [0.05, 0.1) is 19.3 Å². The van der Waals surface area contributed by atoms with Gasteiger partial charge in [0.1, 0.15) is 0 Å². The maximum atomic E-state index is 6.46. The van der Waals surface area contributed by atoms with Crippen molar-refractivity contribution in [2.24, 2.45) is 0 Å². The Hall–Kier alpha value is -1.51. The molecule has 3 nitrogen and oxygen atoms in total. The fourth-order valence-electron chi connectivity index (χ4n) is 4.50. The summed E-state index contributed by atoms with van der Waals surface area (Å²) in [5, 5.41) is 0. The topological polar surface area (TPSA) is 21.7 Å². The Morgan fingerprint density at radius 2 is 1.43 bits per heavy atom. The van der Waals surface area contributed by atoms with Crippen molar-refractivity contribution < 1.29 is 9.05 Å². The molecule has 160 valence electrons. The Bertz CT molecular complexity index is 805. The summed E-state index contributed by atoms with van der Waals surface area (Å²) in [4.78, 5) is 0. The number of allylic oxidation sites excluding steroid dienone is 1. The molecule has 0 N–H and O–H groups in total. The lowest BCUT2D eigenvalue weighted by molar-refractivity contribution is 0.184. The van der Waals surface area contributed by atoms with Gasteiger partial charge in [0.15, 0.2) is 0 Å². The second kappa shape index (κ2) is 10.7. The van der Waals surface area contributed by atoms with Gasteiger partial charge in [0.25, 0.3) is 8.53 Å². The van der Waals surface area contributed by atoms with Gasteiger partial charge in [0.2, 0.25) is 0 Å². The van der Waals surface area contributed by atoms with E-state index < -0.39 is 8.53 Å². The second-order valence-corrected chi connectivity index (χ2v) is 9.90. The fourth-order valence-corrected chi connectivity index (χ4v) is 6.15. The van der Waals surface area contributed by atoms with Gasteiger partial charge in [-0.05, 0) is 55.4 Å². The highest BCUT2D eigenvalue weighted by molar-refractivity contribution is 7.44. The summed E-state index contributed by atoms with van der Waals surface area (Å²) >= 11 is 0. The molecule has 1 unspecified atom stereocenters. The van der Waals surface area contributed by atoms with Crippen molar-refractivity contribution in [3.63, 3.8) is 0 Å². The van der Waals surface area contributed by atoms with Gasteiger partial charge in [-0.2, -0.15) is 0 Å². The van der Waals surface area contributed by atoms with Crippen LogP contribution in [0.4, 0.5) is 0 Å². The van der Waals surface area contributed by atoms with E-state index in [4.69, 9.17) is 9.05 Å². The second-order valence-electron chi connectivity index (χ2n) is 8.45. The fraction of sp³-hybridized carbons (Fsp3) is 0.462. The minimum atomic E-state index is -1.15. The van der Waals surface area contributed by atoms with Crippen molar-refractivity contribution >= 4 is 8.53 Å². The van der Waals surface area contributed by atoms with Gasteiger partial charge < -0.3 is 9.05 Å². The van der Waals surface area contributed by atoms with Crippen LogP contribution in [-0.4, -0.2) is 23.9 Å². The summed E-state index contributed by atoms with van der Waals surface area (Å²) in [5.74, 6) is 0. The number of hydrogen-bond acceptors (Lipinski definition) is 3. The Balaban J connectivity index is 1.65. The number of rotatable bonds is 3. The number of fused-ring (bicyclic) bond motifs is 3. The zero-order valence-corrected chi connectivity index (χ0v) is 19.2. The van der Waals surface area contributed by atoms with Crippen LogP contribution in [0.25, 0.3) is 11.1 Å². The van der Waals surface area contributed by atoms with Crippen molar-refractivity contribution in [1.29, 1.82) is 0 Å². The van der Waals surface area contributed by atoms with E-state index in [-0.39, 0.29) is 6.04 Å². The summed E-state index contributed by atoms with van der Waals surface area (Å²) in [6.45, 7) is 5.91. The van der Waals surface area contributed by atoms with Crippen LogP contribution in [0.2, 0.25) is 0 Å². The summed E-state index contributed by atoms with van der Waals surface area (Å²) in [6, 6.07) is 18.1. The van der Waals surface area contributed by atoms with Gasteiger partial charge in [0, 0.05) is 6.04 Å². The Kier molecular flexibility index (Phi) is 7.73. The summed E-state index contributed by atoms with van der Waals surface area (Å²) in [6.07, 6.45) is 11.8. The van der Waals surface area contributed by atoms with Gasteiger partial charge >= 0.3 is 0 Å². The lowest BCUT2D eigenvalue weighted by atomic mass is 10.0. The maximum absolute atomic E-state index is 6.46. The molecule has 4 heteroatoms. The molecule has 0 amide bonds. The zero-order chi connectivity index (χ0) is 20.8. The van der Waals surface area contributed by atoms with E-state index in [1.165, 1.54) is 47.9 Å².